The van der Waals surface area contributed by atoms with E-state index in [1.165, 1.54) is 32.1 Å². The smallest absolute Gasteiger partial charge is 0.328 e. The molecule has 0 saturated carbocycles. The SMILES string of the molecule is CCCCCCCC=CCCCOC(=O)C1CCC(=O)N1. The fourth-order valence-electron chi connectivity index (χ4n) is 2.37. The summed E-state index contributed by atoms with van der Waals surface area (Å²) in [5.74, 6) is -0.348. The Balaban J connectivity index is 1.90. The third kappa shape index (κ3) is 8.53. The lowest BCUT2D eigenvalue weighted by atomic mass is 10.1. The first-order valence-electron chi connectivity index (χ1n) is 8.35. The van der Waals surface area contributed by atoms with Gasteiger partial charge in [-0.3, -0.25) is 4.79 Å². The molecule has 4 nitrogen and oxygen atoms in total. The minimum atomic E-state index is -0.420. The summed E-state index contributed by atoms with van der Waals surface area (Å²) < 4.78 is 5.16. The van der Waals surface area contributed by atoms with Gasteiger partial charge in [0, 0.05) is 6.42 Å². The maximum absolute atomic E-state index is 11.6. The Labute approximate surface area is 128 Å². The number of rotatable bonds is 11. The first-order chi connectivity index (χ1) is 10.2. The van der Waals surface area contributed by atoms with E-state index in [0.717, 1.165) is 19.3 Å². The lowest BCUT2D eigenvalue weighted by Crippen LogP contribution is -2.34. The molecular formula is C17H29NO3. The van der Waals surface area contributed by atoms with E-state index in [1.54, 1.807) is 0 Å². The number of esters is 1. The molecule has 120 valence electrons. The largest absolute Gasteiger partial charge is 0.464 e. The van der Waals surface area contributed by atoms with Crippen LogP contribution in [0.25, 0.3) is 0 Å². The topological polar surface area (TPSA) is 55.4 Å². The van der Waals surface area contributed by atoms with Crippen molar-refractivity contribution in [3.05, 3.63) is 12.2 Å². The van der Waals surface area contributed by atoms with Gasteiger partial charge >= 0.3 is 5.97 Å². The molecule has 4 heteroatoms. The maximum Gasteiger partial charge on any atom is 0.328 e. The van der Waals surface area contributed by atoms with Crippen LogP contribution in [-0.2, 0) is 14.3 Å². The molecule has 1 rings (SSSR count). The third-order valence-electron chi connectivity index (χ3n) is 3.68. The van der Waals surface area contributed by atoms with Crippen molar-refractivity contribution >= 4 is 11.9 Å². The van der Waals surface area contributed by atoms with Crippen LogP contribution in [0, 0.1) is 0 Å². The maximum atomic E-state index is 11.6. The van der Waals surface area contributed by atoms with Crippen LogP contribution < -0.4 is 5.32 Å². The van der Waals surface area contributed by atoms with E-state index in [1.807, 2.05) is 0 Å². The highest BCUT2D eigenvalue weighted by Crippen LogP contribution is 2.09. The van der Waals surface area contributed by atoms with Gasteiger partial charge in [0.25, 0.3) is 0 Å². The summed E-state index contributed by atoms with van der Waals surface area (Å²) in [5, 5.41) is 2.62. The van der Waals surface area contributed by atoms with E-state index in [4.69, 9.17) is 4.74 Å². The van der Waals surface area contributed by atoms with Crippen molar-refractivity contribution in [2.24, 2.45) is 0 Å². The number of hydrogen-bond acceptors (Lipinski definition) is 3. The Bertz CT molecular complexity index is 339. The monoisotopic (exact) mass is 295 g/mol. The number of allylic oxidation sites excluding steroid dienone is 2. The summed E-state index contributed by atoms with van der Waals surface area (Å²) in [4.78, 5) is 22.6. The first kappa shape index (κ1) is 17.7. The van der Waals surface area contributed by atoms with Gasteiger partial charge in [0.2, 0.25) is 5.91 Å². The van der Waals surface area contributed by atoms with Crippen LogP contribution in [0.1, 0.15) is 71.1 Å². The molecule has 0 spiro atoms. The molecule has 1 aliphatic heterocycles. The number of ether oxygens (including phenoxy) is 1. The molecule has 1 saturated heterocycles. The van der Waals surface area contributed by atoms with Crippen LogP contribution >= 0.6 is 0 Å². The van der Waals surface area contributed by atoms with Crippen molar-refractivity contribution in [1.29, 1.82) is 0 Å². The standard InChI is InChI=1S/C17H29NO3/c1-2-3-4-5-6-7-8-9-10-11-14-21-17(20)15-12-13-16(19)18-15/h8-9,15H,2-7,10-14H2,1H3,(H,18,19). The van der Waals surface area contributed by atoms with Crippen LogP contribution in [0.4, 0.5) is 0 Å². The highest BCUT2D eigenvalue weighted by molar-refractivity contribution is 5.87. The van der Waals surface area contributed by atoms with Gasteiger partial charge in [0.1, 0.15) is 6.04 Å². The van der Waals surface area contributed by atoms with E-state index in [0.29, 0.717) is 19.4 Å². The van der Waals surface area contributed by atoms with Gasteiger partial charge in [-0.15, -0.1) is 0 Å². The molecule has 1 aliphatic rings. The number of carbonyl (C=O) groups is 2. The van der Waals surface area contributed by atoms with Crippen LogP contribution in [0.15, 0.2) is 12.2 Å². The molecule has 0 aromatic rings. The zero-order valence-electron chi connectivity index (χ0n) is 13.2. The van der Waals surface area contributed by atoms with E-state index in [2.05, 4.69) is 24.4 Å². The van der Waals surface area contributed by atoms with Crippen molar-refractivity contribution in [1.82, 2.24) is 5.32 Å². The predicted molar refractivity (Wildman–Crippen MR) is 83.9 cm³/mol. The van der Waals surface area contributed by atoms with Gasteiger partial charge in [0.05, 0.1) is 6.61 Å². The van der Waals surface area contributed by atoms with Crippen LogP contribution in [0.2, 0.25) is 0 Å². The molecule has 1 amide bonds. The summed E-state index contributed by atoms with van der Waals surface area (Å²) >= 11 is 0. The van der Waals surface area contributed by atoms with E-state index >= 15 is 0 Å². The van der Waals surface area contributed by atoms with E-state index < -0.39 is 6.04 Å². The summed E-state index contributed by atoms with van der Waals surface area (Å²) in [6, 6.07) is -0.420. The molecule has 1 fully saturated rings. The highest BCUT2D eigenvalue weighted by atomic mass is 16.5. The molecule has 1 unspecified atom stereocenters. The van der Waals surface area contributed by atoms with Crippen molar-refractivity contribution in [2.45, 2.75) is 77.2 Å². The van der Waals surface area contributed by atoms with E-state index in [-0.39, 0.29) is 11.9 Å². The molecule has 0 aliphatic carbocycles. The molecule has 0 bridgehead atoms. The van der Waals surface area contributed by atoms with Gasteiger partial charge in [0.15, 0.2) is 0 Å². The Morgan fingerprint density at radius 2 is 1.90 bits per heavy atom. The van der Waals surface area contributed by atoms with Crippen molar-refractivity contribution in [3.63, 3.8) is 0 Å². The minimum Gasteiger partial charge on any atom is -0.464 e. The van der Waals surface area contributed by atoms with Gasteiger partial charge in [-0.05, 0) is 32.1 Å². The van der Waals surface area contributed by atoms with Gasteiger partial charge in [-0.25, -0.2) is 4.79 Å². The lowest BCUT2D eigenvalue weighted by Gasteiger charge is -2.09. The van der Waals surface area contributed by atoms with E-state index in [9.17, 15) is 9.59 Å². The Hall–Kier alpha value is -1.32. The summed E-state index contributed by atoms with van der Waals surface area (Å²) in [6.07, 6.45) is 14.9. The zero-order valence-corrected chi connectivity index (χ0v) is 13.2. The zero-order chi connectivity index (χ0) is 15.3. The van der Waals surface area contributed by atoms with Crippen LogP contribution in [0.5, 0.6) is 0 Å². The summed E-state index contributed by atoms with van der Waals surface area (Å²) in [5.41, 5.74) is 0. The second-order valence-electron chi connectivity index (χ2n) is 5.64. The molecule has 0 aromatic carbocycles. The lowest BCUT2D eigenvalue weighted by molar-refractivity contribution is -0.146. The van der Waals surface area contributed by atoms with Crippen molar-refractivity contribution in [3.8, 4) is 0 Å². The Kier molecular flexibility index (Phi) is 9.58. The van der Waals surface area contributed by atoms with Crippen molar-refractivity contribution in [2.75, 3.05) is 6.61 Å². The fraction of sp³-hybridized carbons (Fsp3) is 0.765. The minimum absolute atomic E-state index is 0.0566. The molecule has 1 heterocycles. The molecule has 0 aromatic heterocycles. The molecule has 21 heavy (non-hydrogen) atoms. The molecular weight excluding hydrogens is 266 g/mol. The normalized spacial score (nSPS) is 18.1. The van der Waals surface area contributed by atoms with Gasteiger partial charge < -0.3 is 10.1 Å². The van der Waals surface area contributed by atoms with Crippen molar-refractivity contribution < 1.29 is 14.3 Å². The van der Waals surface area contributed by atoms with Gasteiger partial charge in [-0.1, -0.05) is 44.8 Å². The summed E-state index contributed by atoms with van der Waals surface area (Å²) in [6.45, 7) is 2.67. The number of amides is 1. The molecule has 1 N–H and O–H groups in total. The molecule has 1 atom stereocenters. The number of nitrogens with one attached hydrogen (secondary N) is 1. The highest BCUT2D eigenvalue weighted by Gasteiger charge is 2.28. The second-order valence-corrected chi connectivity index (χ2v) is 5.64. The van der Waals surface area contributed by atoms with Gasteiger partial charge in [-0.2, -0.15) is 0 Å². The van der Waals surface area contributed by atoms with Crippen LogP contribution in [-0.4, -0.2) is 24.5 Å². The molecule has 0 radical (unpaired) electrons. The van der Waals surface area contributed by atoms with Crippen LogP contribution in [0.3, 0.4) is 0 Å². The average Bonchev–Trinajstić information content (AvgIpc) is 2.91. The Morgan fingerprint density at radius 1 is 1.19 bits per heavy atom. The number of unbranched alkanes of at least 4 members (excludes halogenated alkanes) is 6. The predicted octanol–water partition coefficient (Wildman–Crippen LogP) is 3.51. The number of hydrogen-bond donors (Lipinski definition) is 1. The third-order valence-corrected chi connectivity index (χ3v) is 3.68. The Morgan fingerprint density at radius 3 is 2.57 bits per heavy atom. The first-order valence-corrected chi connectivity index (χ1v) is 8.35. The quantitative estimate of drug-likeness (QED) is 0.360. The summed E-state index contributed by atoms with van der Waals surface area (Å²) in [7, 11) is 0. The fourth-order valence-corrected chi connectivity index (χ4v) is 2.37. The average molecular weight is 295 g/mol. The second kappa shape index (κ2) is 11.4. The number of carbonyl (C=O) groups excluding carboxylic acids is 2.